The Balaban J connectivity index is 0.000000335. The highest BCUT2D eigenvalue weighted by Crippen LogP contribution is 2.02. The number of carbonyl (C=O) groups is 2. The van der Waals surface area contributed by atoms with Gasteiger partial charge in [0, 0.05) is 45.3 Å². The van der Waals surface area contributed by atoms with Crippen LogP contribution in [-0.2, 0) is 9.53 Å². The summed E-state index contributed by atoms with van der Waals surface area (Å²) >= 11 is 0. The number of nitrogens with one attached hydrogen (secondary N) is 1. The van der Waals surface area contributed by atoms with E-state index in [1.807, 2.05) is 20.9 Å². The molecule has 2 aliphatic heterocycles. The Morgan fingerprint density at radius 2 is 1.64 bits per heavy atom. The normalized spacial score (nSPS) is 19.4. The molecule has 0 aromatic rings. The molecule has 2 fully saturated rings. The van der Waals surface area contributed by atoms with Crippen LogP contribution in [0.3, 0.4) is 0 Å². The molecule has 0 radical (unpaired) electrons. The van der Waals surface area contributed by atoms with Crippen LogP contribution in [-0.4, -0.2) is 74.6 Å². The van der Waals surface area contributed by atoms with E-state index < -0.39 is 0 Å². The predicted octanol–water partition coefficient (Wildman–Crippen LogP) is 1.36. The van der Waals surface area contributed by atoms with Gasteiger partial charge in [0.25, 0.3) is 0 Å². The lowest BCUT2D eigenvalue weighted by Gasteiger charge is -2.32. The molecular formula is C16H31N3O3. The van der Waals surface area contributed by atoms with Crippen molar-refractivity contribution in [1.82, 2.24) is 15.1 Å². The Labute approximate surface area is 134 Å². The van der Waals surface area contributed by atoms with Crippen molar-refractivity contribution >= 4 is 11.8 Å². The summed E-state index contributed by atoms with van der Waals surface area (Å²) in [6.45, 7) is 9.07. The van der Waals surface area contributed by atoms with Gasteiger partial charge in [0.1, 0.15) is 0 Å². The van der Waals surface area contributed by atoms with Crippen LogP contribution in [0.15, 0.2) is 0 Å². The molecule has 1 N–H and O–H groups in total. The molecule has 128 valence electrons. The summed E-state index contributed by atoms with van der Waals surface area (Å²) in [5, 5.41) is 2.67. The number of Topliss-reactive ketones (excluding diaryl/α,β-unsaturated/α-hetero) is 1. The molecule has 0 bridgehead atoms. The number of likely N-dealkylation sites (N-methyl/N-ethyl adjacent to an activating group) is 1. The molecule has 0 aromatic heterocycles. The number of piperazine rings is 1. The van der Waals surface area contributed by atoms with Crippen molar-refractivity contribution in [3.8, 4) is 0 Å². The van der Waals surface area contributed by atoms with Gasteiger partial charge in [-0.3, -0.25) is 4.79 Å². The van der Waals surface area contributed by atoms with E-state index in [4.69, 9.17) is 4.74 Å². The minimum Gasteiger partial charge on any atom is -0.381 e. The van der Waals surface area contributed by atoms with Crippen LogP contribution in [0.25, 0.3) is 0 Å². The summed E-state index contributed by atoms with van der Waals surface area (Å²) in [4.78, 5) is 27.0. The first-order valence-electron chi connectivity index (χ1n) is 8.32. The van der Waals surface area contributed by atoms with Crippen LogP contribution in [0.4, 0.5) is 4.79 Å². The summed E-state index contributed by atoms with van der Waals surface area (Å²) in [7, 11) is 2.04. The second-order valence-corrected chi connectivity index (χ2v) is 6.24. The van der Waals surface area contributed by atoms with Gasteiger partial charge in [0.05, 0.1) is 6.54 Å². The molecule has 2 rings (SSSR count). The Hall–Kier alpha value is -1.14. The zero-order valence-corrected chi connectivity index (χ0v) is 14.3. The van der Waals surface area contributed by atoms with E-state index in [1.165, 1.54) is 19.3 Å². The molecule has 0 spiro atoms. The standard InChI is InChI=1S/C11H21N3O2.C5H10O/c1-9(2)10(15)8-12-11(16)14-6-4-13(3)5-7-14;1-2-4-6-5-3-1/h9H,4-8H2,1-3H3,(H,12,16);1-5H2. The van der Waals surface area contributed by atoms with Crippen LogP contribution in [0, 0.1) is 5.92 Å². The van der Waals surface area contributed by atoms with Crippen molar-refractivity contribution < 1.29 is 14.3 Å². The fraction of sp³-hybridized carbons (Fsp3) is 0.875. The number of hydrogen-bond acceptors (Lipinski definition) is 4. The van der Waals surface area contributed by atoms with Crippen LogP contribution in [0.5, 0.6) is 0 Å². The Morgan fingerprint density at radius 1 is 1.05 bits per heavy atom. The number of hydrogen-bond donors (Lipinski definition) is 1. The van der Waals surface area contributed by atoms with E-state index >= 15 is 0 Å². The maximum atomic E-state index is 11.7. The van der Waals surface area contributed by atoms with Crippen LogP contribution in [0.1, 0.15) is 33.1 Å². The molecule has 0 saturated carbocycles. The lowest BCUT2D eigenvalue weighted by molar-refractivity contribution is -0.120. The molecule has 0 aliphatic carbocycles. The maximum Gasteiger partial charge on any atom is 0.317 e. The van der Waals surface area contributed by atoms with Gasteiger partial charge in [-0.1, -0.05) is 13.8 Å². The number of rotatable bonds is 3. The average molecular weight is 313 g/mol. The molecule has 6 heteroatoms. The monoisotopic (exact) mass is 313 g/mol. The van der Waals surface area contributed by atoms with Crippen LogP contribution < -0.4 is 5.32 Å². The maximum absolute atomic E-state index is 11.7. The van der Waals surface area contributed by atoms with Crippen molar-refractivity contribution in [3.63, 3.8) is 0 Å². The number of carbonyl (C=O) groups excluding carboxylic acids is 2. The highest BCUT2D eigenvalue weighted by Gasteiger charge is 2.19. The van der Waals surface area contributed by atoms with Gasteiger partial charge in [-0.05, 0) is 26.3 Å². The van der Waals surface area contributed by atoms with Crippen molar-refractivity contribution in [2.24, 2.45) is 5.92 Å². The highest BCUT2D eigenvalue weighted by molar-refractivity contribution is 5.86. The molecular weight excluding hydrogens is 282 g/mol. The van der Waals surface area contributed by atoms with Gasteiger partial charge in [-0.15, -0.1) is 0 Å². The first-order chi connectivity index (χ1) is 10.5. The summed E-state index contributed by atoms with van der Waals surface area (Å²) in [5.74, 6) is 0.0512. The minimum absolute atomic E-state index is 0.0206. The van der Waals surface area contributed by atoms with Gasteiger partial charge in [0.2, 0.25) is 0 Å². The van der Waals surface area contributed by atoms with E-state index in [1.54, 1.807) is 4.90 Å². The smallest absolute Gasteiger partial charge is 0.317 e. The topological polar surface area (TPSA) is 61.9 Å². The van der Waals surface area contributed by atoms with Crippen molar-refractivity contribution in [2.75, 3.05) is 53.0 Å². The Kier molecular flexibility index (Phi) is 9.08. The third-order valence-electron chi connectivity index (χ3n) is 3.93. The first-order valence-corrected chi connectivity index (χ1v) is 8.32. The molecule has 22 heavy (non-hydrogen) atoms. The van der Waals surface area contributed by atoms with Crippen molar-refractivity contribution in [1.29, 1.82) is 0 Å². The first kappa shape index (κ1) is 18.9. The quantitative estimate of drug-likeness (QED) is 0.854. The molecule has 0 aromatic carbocycles. The number of ether oxygens (including phenoxy) is 1. The van der Waals surface area contributed by atoms with E-state index in [0.717, 1.165) is 39.4 Å². The molecule has 2 saturated heterocycles. The second kappa shape index (κ2) is 10.6. The SMILES string of the molecule is C1CCOCC1.CC(C)C(=O)CNC(=O)N1CCN(C)CC1. The zero-order chi connectivity index (χ0) is 16.4. The van der Waals surface area contributed by atoms with Gasteiger partial charge in [0.15, 0.2) is 5.78 Å². The molecule has 0 unspecified atom stereocenters. The van der Waals surface area contributed by atoms with Crippen LogP contribution in [0.2, 0.25) is 0 Å². The third-order valence-corrected chi connectivity index (χ3v) is 3.93. The molecule has 2 heterocycles. The number of amides is 2. The molecule has 2 aliphatic rings. The summed E-state index contributed by atoms with van der Waals surface area (Å²) in [6, 6.07) is -0.123. The summed E-state index contributed by atoms with van der Waals surface area (Å²) in [6.07, 6.45) is 3.93. The number of nitrogens with zero attached hydrogens (tertiary/aromatic N) is 2. The summed E-state index contributed by atoms with van der Waals surface area (Å²) in [5.41, 5.74) is 0. The average Bonchev–Trinajstić information content (AvgIpc) is 2.55. The zero-order valence-electron chi connectivity index (χ0n) is 14.3. The Morgan fingerprint density at radius 3 is 2.05 bits per heavy atom. The largest absolute Gasteiger partial charge is 0.381 e. The van der Waals surface area contributed by atoms with E-state index in [-0.39, 0.29) is 24.3 Å². The fourth-order valence-electron chi connectivity index (χ4n) is 2.18. The van der Waals surface area contributed by atoms with Crippen molar-refractivity contribution in [3.05, 3.63) is 0 Å². The van der Waals surface area contributed by atoms with Gasteiger partial charge in [-0.2, -0.15) is 0 Å². The number of ketones is 1. The predicted molar refractivity (Wildman–Crippen MR) is 87.0 cm³/mol. The molecule has 0 atom stereocenters. The fourth-order valence-corrected chi connectivity index (χ4v) is 2.18. The third kappa shape index (κ3) is 7.75. The lowest BCUT2D eigenvalue weighted by Crippen LogP contribution is -2.51. The van der Waals surface area contributed by atoms with E-state index in [9.17, 15) is 9.59 Å². The van der Waals surface area contributed by atoms with Crippen molar-refractivity contribution in [2.45, 2.75) is 33.1 Å². The van der Waals surface area contributed by atoms with Crippen LogP contribution >= 0.6 is 0 Å². The second-order valence-electron chi connectivity index (χ2n) is 6.24. The summed E-state index contributed by atoms with van der Waals surface area (Å²) < 4.78 is 5.07. The van der Waals surface area contributed by atoms with E-state index in [2.05, 4.69) is 10.2 Å². The van der Waals surface area contributed by atoms with Gasteiger partial charge in [-0.25, -0.2) is 4.79 Å². The molecule has 2 amide bonds. The minimum atomic E-state index is -0.123. The Bertz CT molecular complexity index is 324. The van der Waals surface area contributed by atoms with E-state index in [0.29, 0.717) is 0 Å². The van der Waals surface area contributed by atoms with Gasteiger partial charge >= 0.3 is 6.03 Å². The number of urea groups is 1. The highest BCUT2D eigenvalue weighted by atomic mass is 16.5. The lowest BCUT2D eigenvalue weighted by atomic mass is 10.1. The van der Waals surface area contributed by atoms with Gasteiger partial charge < -0.3 is 19.9 Å². The molecule has 6 nitrogen and oxygen atoms in total.